The second-order valence-corrected chi connectivity index (χ2v) is 4.95. The molecule has 16 heavy (non-hydrogen) atoms. The molecule has 1 aromatic carbocycles. The average molecular weight is 217 g/mol. The van der Waals surface area contributed by atoms with Gasteiger partial charge in [0.2, 0.25) is 0 Å². The Bertz CT molecular complexity index is 382. The first-order valence-corrected chi connectivity index (χ1v) is 6.29. The highest BCUT2D eigenvalue weighted by Crippen LogP contribution is 2.33. The van der Waals surface area contributed by atoms with Crippen molar-refractivity contribution in [2.45, 2.75) is 38.3 Å². The van der Waals surface area contributed by atoms with Crippen molar-refractivity contribution in [1.82, 2.24) is 5.32 Å². The summed E-state index contributed by atoms with van der Waals surface area (Å²) in [5, 5.41) is 3.56. The van der Waals surface area contributed by atoms with Gasteiger partial charge < -0.3 is 10.1 Å². The zero-order valence-corrected chi connectivity index (χ0v) is 9.83. The lowest BCUT2D eigenvalue weighted by Crippen LogP contribution is -2.33. The van der Waals surface area contributed by atoms with Crippen molar-refractivity contribution in [3.05, 3.63) is 34.9 Å². The van der Waals surface area contributed by atoms with Gasteiger partial charge in [-0.1, -0.05) is 23.8 Å². The van der Waals surface area contributed by atoms with Gasteiger partial charge in [0.05, 0.1) is 12.7 Å². The summed E-state index contributed by atoms with van der Waals surface area (Å²) < 4.78 is 5.97. The van der Waals surface area contributed by atoms with Gasteiger partial charge in [-0.15, -0.1) is 0 Å². The molecule has 2 aliphatic heterocycles. The van der Waals surface area contributed by atoms with Crippen molar-refractivity contribution in [2.75, 3.05) is 13.2 Å². The molecule has 86 valence electrons. The molecule has 1 fully saturated rings. The van der Waals surface area contributed by atoms with Crippen molar-refractivity contribution in [3.8, 4) is 0 Å². The highest BCUT2D eigenvalue weighted by atomic mass is 16.5. The molecule has 2 nitrogen and oxygen atoms in total. The van der Waals surface area contributed by atoms with Crippen LogP contribution < -0.4 is 5.32 Å². The van der Waals surface area contributed by atoms with E-state index in [1.165, 1.54) is 29.5 Å². The van der Waals surface area contributed by atoms with E-state index in [-0.39, 0.29) is 6.10 Å². The molecule has 2 atom stereocenters. The fourth-order valence-electron chi connectivity index (χ4n) is 2.92. The van der Waals surface area contributed by atoms with Crippen molar-refractivity contribution in [2.24, 2.45) is 0 Å². The third-order valence-electron chi connectivity index (χ3n) is 3.74. The number of nitrogens with one attached hydrogen (secondary N) is 1. The number of rotatable bonds is 1. The second-order valence-electron chi connectivity index (χ2n) is 4.95. The maximum atomic E-state index is 5.97. The van der Waals surface area contributed by atoms with Gasteiger partial charge in [-0.2, -0.15) is 0 Å². The van der Waals surface area contributed by atoms with Crippen molar-refractivity contribution in [3.63, 3.8) is 0 Å². The molecular formula is C14H19NO. The Labute approximate surface area is 97.0 Å². The van der Waals surface area contributed by atoms with E-state index in [1.54, 1.807) is 0 Å². The lowest BCUT2D eigenvalue weighted by Gasteiger charge is -2.30. The van der Waals surface area contributed by atoms with Crippen LogP contribution in [0, 0.1) is 6.92 Å². The smallest absolute Gasteiger partial charge is 0.0980 e. The van der Waals surface area contributed by atoms with Gasteiger partial charge in [0, 0.05) is 6.04 Å². The second kappa shape index (κ2) is 4.19. The summed E-state index contributed by atoms with van der Waals surface area (Å²) in [6.07, 6.45) is 3.89. The Kier molecular flexibility index (Phi) is 2.70. The van der Waals surface area contributed by atoms with Crippen molar-refractivity contribution < 1.29 is 4.74 Å². The molecule has 0 aromatic heterocycles. The molecule has 2 aliphatic rings. The van der Waals surface area contributed by atoms with Gasteiger partial charge >= 0.3 is 0 Å². The summed E-state index contributed by atoms with van der Waals surface area (Å²) >= 11 is 0. The molecule has 3 rings (SSSR count). The molecule has 0 saturated carbocycles. The van der Waals surface area contributed by atoms with E-state index in [0.29, 0.717) is 6.04 Å². The Morgan fingerprint density at radius 1 is 1.38 bits per heavy atom. The van der Waals surface area contributed by atoms with Crippen LogP contribution in [0.15, 0.2) is 18.2 Å². The quantitative estimate of drug-likeness (QED) is 0.779. The SMILES string of the molecule is Cc1ccc2c(c1)CCO[C@@H]2[C@@H]1CCCN1. The summed E-state index contributed by atoms with van der Waals surface area (Å²) in [7, 11) is 0. The van der Waals surface area contributed by atoms with Crippen LogP contribution in [0.1, 0.15) is 35.6 Å². The largest absolute Gasteiger partial charge is 0.372 e. The molecule has 2 heteroatoms. The van der Waals surface area contributed by atoms with Crippen LogP contribution in [0.2, 0.25) is 0 Å². The van der Waals surface area contributed by atoms with Gasteiger partial charge in [-0.3, -0.25) is 0 Å². The zero-order valence-electron chi connectivity index (χ0n) is 9.83. The Morgan fingerprint density at radius 2 is 2.31 bits per heavy atom. The van der Waals surface area contributed by atoms with Gasteiger partial charge in [-0.25, -0.2) is 0 Å². The minimum absolute atomic E-state index is 0.284. The van der Waals surface area contributed by atoms with Crippen LogP contribution in [0.3, 0.4) is 0 Å². The summed E-state index contributed by atoms with van der Waals surface area (Å²) in [5.41, 5.74) is 4.26. The van der Waals surface area contributed by atoms with Crippen LogP contribution in [0.25, 0.3) is 0 Å². The van der Waals surface area contributed by atoms with E-state index in [0.717, 1.165) is 19.6 Å². The number of hydrogen-bond acceptors (Lipinski definition) is 2. The van der Waals surface area contributed by atoms with E-state index in [2.05, 4.69) is 30.4 Å². The molecule has 0 amide bonds. The number of aryl methyl sites for hydroxylation is 1. The number of fused-ring (bicyclic) bond motifs is 1. The Balaban J connectivity index is 1.93. The minimum Gasteiger partial charge on any atom is -0.372 e. The third kappa shape index (κ3) is 1.76. The summed E-state index contributed by atoms with van der Waals surface area (Å²) in [6, 6.07) is 7.31. The molecule has 1 aromatic rings. The maximum Gasteiger partial charge on any atom is 0.0980 e. The molecule has 1 saturated heterocycles. The normalized spacial score (nSPS) is 29.1. The summed E-state index contributed by atoms with van der Waals surface area (Å²) in [5.74, 6) is 0. The van der Waals surface area contributed by atoms with E-state index in [4.69, 9.17) is 4.74 Å². The maximum absolute atomic E-state index is 5.97. The van der Waals surface area contributed by atoms with Crippen molar-refractivity contribution in [1.29, 1.82) is 0 Å². The van der Waals surface area contributed by atoms with Crippen LogP contribution in [-0.2, 0) is 11.2 Å². The van der Waals surface area contributed by atoms with Gasteiger partial charge in [0.1, 0.15) is 0 Å². The number of hydrogen-bond donors (Lipinski definition) is 1. The van der Waals surface area contributed by atoms with Gasteiger partial charge in [-0.05, 0) is 43.9 Å². The lowest BCUT2D eigenvalue weighted by atomic mass is 9.91. The standard InChI is InChI=1S/C14H19NO/c1-10-4-5-12-11(9-10)6-8-16-14(12)13-3-2-7-15-13/h4-5,9,13-15H,2-3,6-8H2,1H3/t13-,14-/m0/s1. The first-order valence-electron chi connectivity index (χ1n) is 6.29. The molecule has 0 aliphatic carbocycles. The molecular weight excluding hydrogens is 198 g/mol. The molecule has 0 bridgehead atoms. The van der Waals surface area contributed by atoms with Crippen LogP contribution in [0.5, 0.6) is 0 Å². The lowest BCUT2D eigenvalue weighted by molar-refractivity contribution is 0.0199. The zero-order chi connectivity index (χ0) is 11.0. The van der Waals surface area contributed by atoms with Gasteiger partial charge in [0.25, 0.3) is 0 Å². The Morgan fingerprint density at radius 3 is 3.12 bits per heavy atom. The first-order chi connectivity index (χ1) is 7.84. The van der Waals surface area contributed by atoms with Crippen LogP contribution >= 0.6 is 0 Å². The molecule has 0 spiro atoms. The highest BCUT2D eigenvalue weighted by Gasteiger charge is 2.30. The fourth-order valence-corrected chi connectivity index (χ4v) is 2.92. The molecule has 1 N–H and O–H groups in total. The Hall–Kier alpha value is -0.860. The van der Waals surface area contributed by atoms with Crippen molar-refractivity contribution >= 4 is 0 Å². The fraction of sp³-hybridized carbons (Fsp3) is 0.571. The molecule has 0 radical (unpaired) electrons. The van der Waals surface area contributed by atoms with E-state index >= 15 is 0 Å². The topological polar surface area (TPSA) is 21.3 Å². The molecule has 2 heterocycles. The first kappa shape index (κ1) is 10.3. The number of ether oxygens (including phenoxy) is 1. The molecule has 0 unspecified atom stereocenters. The predicted octanol–water partition coefficient (Wildman–Crippen LogP) is 2.36. The van der Waals surface area contributed by atoms with Crippen LogP contribution in [-0.4, -0.2) is 19.2 Å². The van der Waals surface area contributed by atoms with Gasteiger partial charge in [0.15, 0.2) is 0 Å². The van der Waals surface area contributed by atoms with E-state index in [9.17, 15) is 0 Å². The van der Waals surface area contributed by atoms with E-state index in [1.807, 2.05) is 0 Å². The minimum atomic E-state index is 0.284. The third-order valence-corrected chi connectivity index (χ3v) is 3.74. The number of benzene rings is 1. The average Bonchev–Trinajstić information content (AvgIpc) is 2.81. The summed E-state index contributed by atoms with van der Waals surface area (Å²) in [6.45, 7) is 4.18. The summed E-state index contributed by atoms with van der Waals surface area (Å²) in [4.78, 5) is 0. The monoisotopic (exact) mass is 217 g/mol. The predicted molar refractivity (Wildman–Crippen MR) is 64.6 cm³/mol. The van der Waals surface area contributed by atoms with Crippen LogP contribution in [0.4, 0.5) is 0 Å². The van der Waals surface area contributed by atoms with E-state index < -0.39 is 0 Å². The highest BCUT2D eigenvalue weighted by molar-refractivity contribution is 5.35.